The average molecular weight is 294 g/mol. The summed E-state index contributed by atoms with van der Waals surface area (Å²) in [7, 11) is 0. The van der Waals surface area contributed by atoms with Gasteiger partial charge in [-0.3, -0.25) is 4.79 Å². The number of rotatable bonds is 5. The summed E-state index contributed by atoms with van der Waals surface area (Å²) in [6, 6.07) is 6.66. The fourth-order valence-corrected chi connectivity index (χ4v) is 1.42. The van der Waals surface area contributed by atoms with Crippen LogP contribution in [0.5, 0.6) is 0 Å². The van der Waals surface area contributed by atoms with Gasteiger partial charge in [0.2, 0.25) is 0 Å². The molecule has 1 amide bonds. The molecule has 0 radical (unpaired) electrons. The SMILES string of the molecule is C/C=C/C=C/C(=O)OC(C)C(=O)Nc1ccc(Cl)cc1. The van der Waals surface area contributed by atoms with Gasteiger partial charge in [-0.15, -0.1) is 0 Å². The van der Waals surface area contributed by atoms with Crippen LogP contribution in [0.2, 0.25) is 5.02 Å². The van der Waals surface area contributed by atoms with Crippen LogP contribution in [0.1, 0.15) is 13.8 Å². The minimum atomic E-state index is -0.881. The Morgan fingerprint density at radius 2 is 1.90 bits per heavy atom. The van der Waals surface area contributed by atoms with Crippen LogP contribution >= 0.6 is 11.6 Å². The molecule has 106 valence electrons. The van der Waals surface area contributed by atoms with Gasteiger partial charge >= 0.3 is 5.97 Å². The second kappa shape index (κ2) is 8.17. The number of benzene rings is 1. The minimum Gasteiger partial charge on any atom is -0.449 e. The number of amides is 1. The van der Waals surface area contributed by atoms with E-state index in [2.05, 4.69) is 5.32 Å². The molecule has 0 heterocycles. The molecule has 20 heavy (non-hydrogen) atoms. The van der Waals surface area contributed by atoms with Crippen molar-refractivity contribution >= 4 is 29.2 Å². The molecule has 0 aromatic heterocycles. The molecule has 1 aromatic rings. The van der Waals surface area contributed by atoms with Crippen LogP contribution in [0.25, 0.3) is 0 Å². The fraction of sp³-hybridized carbons (Fsp3) is 0.200. The average Bonchev–Trinajstić information content (AvgIpc) is 2.41. The quantitative estimate of drug-likeness (QED) is 0.514. The summed E-state index contributed by atoms with van der Waals surface area (Å²) in [6.45, 7) is 3.34. The van der Waals surface area contributed by atoms with E-state index in [4.69, 9.17) is 16.3 Å². The van der Waals surface area contributed by atoms with Crippen molar-refractivity contribution in [2.24, 2.45) is 0 Å². The lowest BCUT2D eigenvalue weighted by molar-refractivity contribution is -0.148. The Kier molecular flexibility index (Phi) is 6.53. The van der Waals surface area contributed by atoms with Gasteiger partial charge in [0.25, 0.3) is 5.91 Å². The van der Waals surface area contributed by atoms with E-state index in [1.165, 1.54) is 13.0 Å². The van der Waals surface area contributed by atoms with E-state index < -0.39 is 18.0 Å². The number of anilines is 1. The van der Waals surface area contributed by atoms with Gasteiger partial charge < -0.3 is 10.1 Å². The molecule has 0 aliphatic heterocycles. The third-order valence-corrected chi connectivity index (χ3v) is 2.56. The summed E-state index contributed by atoms with van der Waals surface area (Å²) in [6.07, 6.45) is 5.40. The van der Waals surface area contributed by atoms with Crippen LogP contribution in [0.15, 0.2) is 48.6 Å². The van der Waals surface area contributed by atoms with Crippen LogP contribution < -0.4 is 5.32 Å². The van der Waals surface area contributed by atoms with Crippen molar-refractivity contribution in [3.63, 3.8) is 0 Å². The van der Waals surface area contributed by atoms with E-state index in [-0.39, 0.29) is 0 Å². The van der Waals surface area contributed by atoms with Crippen LogP contribution in [0.3, 0.4) is 0 Å². The molecule has 1 unspecified atom stereocenters. The first-order valence-corrected chi connectivity index (χ1v) is 6.47. The lowest BCUT2D eigenvalue weighted by Crippen LogP contribution is -2.29. The van der Waals surface area contributed by atoms with Crippen molar-refractivity contribution in [3.8, 4) is 0 Å². The molecule has 4 nitrogen and oxygen atoms in total. The Balaban J connectivity index is 2.50. The number of hydrogen-bond acceptors (Lipinski definition) is 3. The second-order valence-corrected chi connectivity index (χ2v) is 4.40. The molecule has 0 aliphatic carbocycles. The van der Waals surface area contributed by atoms with Gasteiger partial charge in [-0.1, -0.05) is 29.8 Å². The first kappa shape index (κ1) is 16.0. The third-order valence-electron chi connectivity index (χ3n) is 2.31. The van der Waals surface area contributed by atoms with E-state index in [0.29, 0.717) is 10.7 Å². The van der Waals surface area contributed by atoms with Crippen molar-refractivity contribution in [1.29, 1.82) is 0 Å². The molecule has 0 aliphatic rings. The maximum Gasteiger partial charge on any atom is 0.331 e. The van der Waals surface area contributed by atoms with Gasteiger partial charge in [0.15, 0.2) is 6.10 Å². The van der Waals surface area contributed by atoms with Crippen LogP contribution in [-0.4, -0.2) is 18.0 Å². The first-order valence-electron chi connectivity index (χ1n) is 6.09. The summed E-state index contributed by atoms with van der Waals surface area (Å²) in [4.78, 5) is 23.2. The van der Waals surface area contributed by atoms with Gasteiger partial charge in [0.05, 0.1) is 0 Å². The molecule has 0 saturated heterocycles. The molecule has 1 aromatic carbocycles. The van der Waals surface area contributed by atoms with Gasteiger partial charge in [-0.25, -0.2) is 4.79 Å². The highest BCUT2D eigenvalue weighted by atomic mass is 35.5. The molecule has 0 fully saturated rings. The van der Waals surface area contributed by atoms with Crippen molar-refractivity contribution < 1.29 is 14.3 Å². The number of nitrogens with one attached hydrogen (secondary N) is 1. The summed E-state index contributed by atoms with van der Waals surface area (Å²) >= 11 is 5.74. The standard InChI is InChI=1S/C15H16ClNO3/c1-3-4-5-6-14(18)20-11(2)15(19)17-13-9-7-12(16)8-10-13/h3-11H,1-2H3,(H,17,19)/b4-3+,6-5+. The third kappa shape index (κ3) is 5.71. The number of carbonyl (C=O) groups excluding carboxylic acids is 2. The highest BCUT2D eigenvalue weighted by Gasteiger charge is 2.16. The molecule has 0 bridgehead atoms. The van der Waals surface area contributed by atoms with Gasteiger partial charge in [0.1, 0.15) is 0 Å². The number of ether oxygens (including phenoxy) is 1. The molecule has 1 N–H and O–H groups in total. The molecule has 0 spiro atoms. The zero-order valence-electron chi connectivity index (χ0n) is 11.3. The number of hydrogen-bond donors (Lipinski definition) is 1. The summed E-state index contributed by atoms with van der Waals surface area (Å²) in [5, 5.41) is 3.21. The topological polar surface area (TPSA) is 55.4 Å². The summed E-state index contributed by atoms with van der Waals surface area (Å²) < 4.78 is 4.96. The Morgan fingerprint density at radius 3 is 2.50 bits per heavy atom. The molecular weight excluding hydrogens is 278 g/mol. The fourth-order valence-electron chi connectivity index (χ4n) is 1.29. The highest BCUT2D eigenvalue weighted by molar-refractivity contribution is 6.30. The Morgan fingerprint density at radius 1 is 1.25 bits per heavy atom. The van der Waals surface area contributed by atoms with Crippen molar-refractivity contribution in [1.82, 2.24) is 0 Å². The van der Waals surface area contributed by atoms with E-state index >= 15 is 0 Å². The van der Waals surface area contributed by atoms with Crippen LogP contribution in [-0.2, 0) is 14.3 Å². The van der Waals surface area contributed by atoms with Crippen LogP contribution in [0.4, 0.5) is 5.69 Å². The Labute approximate surface area is 123 Å². The zero-order chi connectivity index (χ0) is 15.0. The molecule has 1 rings (SSSR count). The maximum atomic E-state index is 11.8. The predicted octanol–water partition coefficient (Wildman–Crippen LogP) is 3.34. The number of esters is 1. The minimum absolute atomic E-state index is 0.403. The number of halogens is 1. The van der Waals surface area contributed by atoms with Crippen LogP contribution in [0, 0.1) is 0 Å². The van der Waals surface area contributed by atoms with Gasteiger partial charge in [-0.2, -0.15) is 0 Å². The predicted molar refractivity (Wildman–Crippen MR) is 79.6 cm³/mol. The van der Waals surface area contributed by atoms with E-state index in [0.717, 1.165) is 0 Å². The summed E-state index contributed by atoms with van der Waals surface area (Å²) in [5.74, 6) is -0.970. The normalized spacial score (nSPS) is 12.6. The monoisotopic (exact) mass is 293 g/mol. The van der Waals surface area contributed by atoms with Gasteiger partial charge in [-0.05, 0) is 38.1 Å². The number of carbonyl (C=O) groups is 2. The largest absolute Gasteiger partial charge is 0.449 e. The molecule has 5 heteroatoms. The van der Waals surface area contributed by atoms with Crippen molar-refractivity contribution in [2.75, 3.05) is 5.32 Å². The lowest BCUT2D eigenvalue weighted by Gasteiger charge is -2.12. The van der Waals surface area contributed by atoms with E-state index in [1.807, 2.05) is 6.92 Å². The number of allylic oxidation sites excluding steroid dienone is 3. The smallest absolute Gasteiger partial charge is 0.331 e. The Bertz CT molecular complexity index is 520. The first-order chi connectivity index (χ1) is 9.52. The summed E-state index contributed by atoms with van der Waals surface area (Å²) in [5.41, 5.74) is 0.590. The molecule has 1 atom stereocenters. The highest BCUT2D eigenvalue weighted by Crippen LogP contribution is 2.13. The van der Waals surface area contributed by atoms with Gasteiger partial charge in [0, 0.05) is 16.8 Å². The van der Waals surface area contributed by atoms with Crippen molar-refractivity contribution in [3.05, 3.63) is 53.6 Å². The second-order valence-electron chi connectivity index (χ2n) is 3.96. The van der Waals surface area contributed by atoms with Crippen molar-refractivity contribution in [2.45, 2.75) is 20.0 Å². The maximum absolute atomic E-state index is 11.8. The Hall–Kier alpha value is -2.07. The van der Waals surface area contributed by atoms with E-state index in [9.17, 15) is 9.59 Å². The zero-order valence-corrected chi connectivity index (χ0v) is 12.1. The van der Waals surface area contributed by atoms with E-state index in [1.54, 1.807) is 42.5 Å². The molecule has 0 saturated carbocycles. The lowest BCUT2D eigenvalue weighted by atomic mass is 10.3. The molecular formula is C15H16ClNO3.